The van der Waals surface area contributed by atoms with Crippen molar-refractivity contribution in [2.45, 2.75) is 33.2 Å². The summed E-state index contributed by atoms with van der Waals surface area (Å²) in [7, 11) is 1.56. The van der Waals surface area contributed by atoms with Crippen LogP contribution in [-0.2, 0) is 4.79 Å². The van der Waals surface area contributed by atoms with Crippen molar-refractivity contribution >= 4 is 29.6 Å². The van der Waals surface area contributed by atoms with Gasteiger partial charge in [0.1, 0.15) is 6.04 Å². The molecule has 0 aliphatic heterocycles. The Morgan fingerprint density at radius 2 is 1.84 bits per heavy atom. The number of carbonyl (C=O) groups is 2. The number of halogens is 1. The Bertz CT molecular complexity index is 914. The highest BCUT2D eigenvalue weighted by Crippen LogP contribution is 2.27. The van der Waals surface area contributed by atoms with Gasteiger partial charge in [0.25, 0.3) is 11.8 Å². The van der Waals surface area contributed by atoms with Gasteiger partial charge in [-0.05, 0) is 67.3 Å². The highest BCUT2D eigenvalue weighted by Gasteiger charge is 2.22. The molecule has 2 rings (SSSR count). The first-order valence-corrected chi connectivity index (χ1v) is 10.4. The van der Waals surface area contributed by atoms with Crippen molar-refractivity contribution in [2.24, 2.45) is 11.0 Å². The van der Waals surface area contributed by atoms with Crippen molar-refractivity contribution in [3.63, 3.8) is 0 Å². The van der Waals surface area contributed by atoms with Gasteiger partial charge < -0.3 is 14.8 Å². The van der Waals surface area contributed by atoms with Crippen molar-refractivity contribution in [3.8, 4) is 11.5 Å². The van der Waals surface area contributed by atoms with Gasteiger partial charge in [0.05, 0.1) is 19.9 Å². The van der Waals surface area contributed by atoms with Crippen LogP contribution in [0, 0.1) is 5.92 Å². The average molecular weight is 446 g/mol. The van der Waals surface area contributed by atoms with E-state index >= 15 is 0 Å². The molecule has 0 fully saturated rings. The molecule has 0 spiro atoms. The van der Waals surface area contributed by atoms with E-state index < -0.39 is 11.9 Å². The summed E-state index contributed by atoms with van der Waals surface area (Å²) >= 11 is 5.87. The lowest BCUT2D eigenvalue weighted by Crippen LogP contribution is -2.46. The molecule has 2 aromatic carbocycles. The molecule has 31 heavy (non-hydrogen) atoms. The molecular formula is C23H28ClN3O4. The summed E-state index contributed by atoms with van der Waals surface area (Å²) < 4.78 is 10.8. The number of hydrogen-bond donors (Lipinski definition) is 2. The van der Waals surface area contributed by atoms with Gasteiger partial charge in [-0.1, -0.05) is 25.4 Å². The van der Waals surface area contributed by atoms with Gasteiger partial charge >= 0.3 is 0 Å². The maximum absolute atomic E-state index is 12.6. The number of amides is 2. The summed E-state index contributed by atoms with van der Waals surface area (Å²) in [6, 6.07) is 11.1. The first-order valence-electron chi connectivity index (χ1n) is 10.0. The Balaban J connectivity index is 2.04. The first-order chi connectivity index (χ1) is 14.8. The third kappa shape index (κ3) is 7.61. The van der Waals surface area contributed by atoms with E-state index in [2.05, 4.69) is 15.8 Å². The van der Waals surface area contributed by atoms with Crippen molar-refractivity contribution in [1.82, 2.24) is 10.7 Å². The molecule has 0 heterocycles. The highest BCUT2D eigenvalue weighted by molar-refractivity contribution is 6.30. The normalized spacial score (nSPS) is 11.9. The largest absolute Gasteiger partial charge is 0.493 e. The predicted octanol–water partition coefficient (Wildman–Crippen LogP) is 4.04. The van der Waals surface area contributed by atoms with Crippen LogP contribution in [-0.4, -0.2) is 37.8 Å². The van der Waals surface area contributed by atoms with Gasteiger partial charge in [-0.3, -0.25) is 9.59 Å². The number of benzene rings is 2. The molecule has 0 aliphatic carbocycles. The number of nitrogens with zero attached hydrogens (tertiary/aromatic N) is 1. The van der Waals surface area contributed by atoms with Crippen LogP contribution in [0.15, 0.2) is 47.6 Å². The second kappa shape index (κ2) is 12.0. The van der Waals surface area contributed by atoms with Crippen molar-refractivity contribution in [3.05, 3.63) is 58.6 Å². The molecule has 0 saturated carbocycles. The van der Waals surface area contributed by atoms with Crippen molar-refractivity contribution < 1.29 is 19.1 Å². The Hall–Kier alpha value is -3.06. The van der Waals surface area contributed by atoms with E-state index in [4.69, 9.17) is 21.1 Å². The lowest BCUT2D eigenvalue weighted by atomic mass is 10.0. The molecule has 0 aliphatic rings. The zero-order valence-corrected chi connectivity index (χ0v) is 18.9. The van der Waals surface area contributed by atoms with Gasteiger partial charge in [-0.15, -0.1) is 0 Å². The van der Waals surface area contributed by atoms with Crippen LogP contribution in [0.25, 0.3) is 0 Å². The Morgan fingerprint density at radius 3 is 2.45 bits per heavy atom. The lowest BCUT2D eigenvalue weighted by molar-refractivity contribution is -0.123. The number of hydrogen-bond acceptors (Lipinski definition) is 5. The maximum atomic E-state index is 12.6. The molecular weight excluding hydrogens is 418 g/mol. The van der Waals surface area contributed by atoms with Crippen LogP contribution in [0.5, 0.6) is 11.5 Å². The topological polar surface area (TPSA) is 89.0 Å². The second-order valence-electron chi connectivity index (χ2n) is 7.24. The average Bonchev–Trinajstić information content (AvgIpc) is 2.74. The van der Waals surface area contributed by atoms with Crippen LogP contribution in [0.3, 0.4) is 0 Å². The SMILES string of the molecule is CCOc1ccc(C=NNC(=O)C(CC(C)C)NC(=O)c2ccc(Cl)cc2)cc1OC. The summed E-state index contributed by atoms with van der Waals surface area (Å²) in [6.45, 7) is 6.37. The minimum absolute atomic E-state index is 0.195. The minimum atomic E-state index is -0.727. The Morgan fingerprint density at radius 1 is 1.13 bits per heavy atom. The van der Waals surface area contributed by atoms with Crippen LogP contribution in [0.2, 0.25) is 5.02 Å². The van der Waals surface area contributed by atoms with E-state index in [-0.39, 0.29) is 11.8 Å². The van der Waals surface area contributed by atoms with E-state index in [1.807, 2.05) is 20.8 Å². The fraction of sp³-hybridized carbons (Fsp3) is 0.348. The van der Waals surface area contributed by atoms with E-state index in [1.54, 1.807) is 49.6 Å². The summed E-state index contributed by atoms with van der Waals surface area (Å²) in [5.41, 5.74) is 3.66. The van der Waals surface area contributed by atoms with Crippen molar-refractivity contribution in [2.75, 3.05) is 13.7 Å². The van der Waals surface area contributed by atoms with Crippen LogP contribution >= 0.6 is 11.6 Å². The first kappa shape index (κ1) is 24.2. The summed E-state index contributed by atoms with van der Waals surface area (Å²) in [5, 5.41) is 7.33. The van der Waals surface area contributed by atoms with Gasteiger partial charge in [0, 0.05) is 10.6 Å². The quantitative estimate of drug-likeness (QED) is 0.426. The molecule has 0 aromatic heterocycles. The lowest BCUT2D eigenvalue weighted by Gasteiger charge is -2.19. The second-order valence-corrected chi connectivity index (χ2v) is 7.68. The molecule has 2 aromatic rings. The Kier molecular flexibility index (Phi) is 9.34. The monoisotopic (exact) mass is 445 g/mol. The summed E-state index contributed by atoms with van der Waals surface area (Å²) in [6.07, 6.45) is 1.97. The van der Waals surface area contributed by atoms with Gasteiger partial charge in [0.15, 0.2) is 11.5 Å². The van der Waals surface area contributed by atoms with Crippen LogP contribution in [0.1, 0.15) is 43.1 Å². The third-order valence-electron chi connectivity index (χ3n) is 4.31. The molecule has 7 nitrogen and oxygen atoms in total. The maximum Gasteiger partial charge on any atom is 0.262 e. The zero-order valence-electron chi connectivity index (χ0n) is 18.1. The van der Waals surface area contributed by atoms with Crippen LogP contribution in [0.4, 0.5) is 0 Å². The zero-order chi connectivity index (χ0) is 22.8. The smallest absolute Gasteiger partial charge is 0.262 e. The van der Waals surface area contributed by atoms with E-state index in [0.29, 0.717) is 35.1 Å². The number of methoxy groups -OCH3 is 1. The molecule has 2 amide bonds. The van der Waals surface area contributed by atoms with Crippen molar-refractivity contribution in [1.29, 1.82) is 0 Å². The number of carbonyl (C=O) groups excluding carboxylic acids is 2. The fourth-order valence-electron chi connectivity index (χ4n) is 2.83. The van der Waals surface area contributed by atoms with E-state index in [1.165, 1.54) is 6.21 Å². The standard InChI is InChI=1S/C23H28ClN3O4/c1-5-31-20-11-6-16(13-21(20)30-4)14-25-27-23(29)19(12-15(2)3)26-22(28)17-7-9-18(24)10-8-17/h6-11,13-15,19H,5,12H2,1-4H3,(H,26,28)(H,27,29). The van der Waals surface area contributed by atoms with Crippen LogP contribution < -0.4 is 20.2 Å². The van der Waals surface area contributed by atoms with Gasteiger partial charge in [-0.2, -0.15) is 5.10 Å². The van der Waals surface area contributed by atoms with Gasteiger partial charge in [-0.25, -0.2) is 5.43 Å². The molecule has 1 unspecified atom stereocenters. The third-order valence-corrected chi connectivity index (χ3v) is 4.56. The molecule has 166 valence electrons. The number of ether oxygens (including phenoxy) is 2. The molecule has 1 atom stereocenters. The molecule has 8 heteroatoms. The molecule has 0 saturated heterocycles. The van der Waals surface area contributed by atoms with Gasteiger partial charge in [0.2, 0.25) is 0 Å². The molecule has 0 radical (unpaired) electrons. The molecule has 0 bridgehead atoms. The number of rotatable bonds is 10. The van der Waals surface area contributed by atoms with E-state index in [0.717, 1.165) is 5.56 Å². The number of nitrogens with one attached hydrogen (secondary N) is 2. The fourth-order valence-corrected chi connectivity index (χ4v) is 2.96. The number of hydrazone groups is 1. The highest BCUT2D eigenvalue weighted by atomic mass is 35.5. The minimum Gasteiger partial charge on any atom is -0.493 e. The van der Waals surface area contributed by atoms with E-state index in [9.17, 15) is 9.59 Å². The predicted molar refractivity (Wildman–Crippen MR) is 122 cm³/mol. The Labute approximate surface area is 187 Å². The summed E-state index contributed by atoms with van der Waals surface area (Å²) in [4.78, 5) is 25.2. The molecule has 2 N–H and O–H groups in total. The summed E-state index contributed by atoms with van der Waals surface area (Å²) in [5.74, 6) is 0.654.